The number of carbonyl (C=O) groups is 1. The number of amides is 1. The fraction of sp³-hybridized carbons (Fsp3) is 0.381. The first kappa shape index (κ1) is 18.4. The van der Waals surface area contributed by atoms with Crippen molar-refractivity contribution in [2.75, 3.05) is 40.0 Å². The summed E-state index contributed by atoms with van der Waals surface area (Å²) in [6, 6.07) is 15.6. The third-order valence-corrected chi connectivity index (χ3v) is 4.72. The van der Waals surface area contributed by atoms with Crippen molar-refractivity contribution in [2.24, 2.45) is 0 Å². The van der Waals surface area contributed by atoms with Crippen molar-refractivity contribution < 1.29 is 14.3 Å². The molecule has 26 heavy (non-hydrogen) atoms. The number of morpholine rings is 1. The van der Waals surface area contributed by atoms with Crippen LogP contribution in [0.3, 0.4) is 0 Å². The van der Waals surface area contributed by atoms with Gasteiger partial charge in [-0.25, -0.2) is 0 Å². The van der Waals surface area contributed by atoms with Crippen molar-refractivity contribution in [1.29, 1.82) is 0 Å². The molecule has 1 heterocycles. The first-order valence-electron chi connectivity index (χ1n) is 8.98. The van der Waals surface area contributed by atoms with Crippen LogP contribution in [0.5, 0.6) is 5.75 Å². The van der Waals surface area contributed by atoms with E-state index in [9.17, 15) is 4.79 Å². The van der Waals surface area contributed by atoms with Crippen molar-refractivity contribution >= 4 is 5.91 Å². The quantitative estimate of drug-likeness (QED) is 0.867. The van der Waals surface area contributed by atoms with Crippen molar-refractivity contribution in [3.05, 3.63) is 65.2 Å². The zero-order valence-corrected chi connectivity index (χ0v) is 15.4. The number of hydrogen-bond acceptors (Lipinski definition) is 4. The van der Waals surface area contributed by atoms with Crippen LogP contribution in [0.2, 0.25) is 0 Å². The van der Waals surface area contributed by atoms with Crippen LogP contribution in [-0.4, -0.2) is 50.8 Å². The standard InChI is InChI=1S/C21H26N2O3/c1-16-8-9-18(14-20(16)25-2)21(24)22-19(17-6-4-3-5-7-17)15-23-10-12-26-13-11-23/h3-9,14,19H,10-13,15H2,1-2H3,(H,22,24)/t19-/m0/s1. The van der Waals surface area contributed by atoms with Crippen LogP contribution >= 0.6 is 0 Å². The van der Waals surface area contributed by atoms with Crippen molar-refractivity contribution in [2.45, 2.75) is 13.0 Å². The molecule has 0 radical (unpaired) electrons. The highest BCUT2D eigenvalue weighted by molar-refractivity contribution is 5.95. The first-order valence-corrected chi connectivity index (χ1v) is 8.98. The Bertz CT molecular complexity index is 727. The number of methoxy groups -OCH3 is 1. The summed E-state index contributed by atoms with van der Waals surface area (Å²) in [5.74, 6) is 0.632. The molecule has 1 atom stereocenters. The van der Waals surface area contributed by atoms with Crippen LogP contribution in [-0.2, 0) is 4.74 Å². The molecule has 2 aromatic rings. The van der Waals surface area contributed by atoms with Crippen LogP contribution in [0.15, 0.2) is 48.5 Å². The summed E-state index contributed by atoms with van der Waals surface area (Å²) in [6.07, 6.45) is 0. The topological polar surface area (TPSA) is 50.8 Å². The lowest BCUT2D eigenvalue weighted by atomic mass is 10.0. The van der Waals surface area contributed by atoms with Gasteiger partial charge in [-0.05, 0) is 30.2 Å². The Morgan fingerprint density at radius 2 is 1.92 bits per heavy atom. The van der Waals surface area contributed by atoms with Gasteiger partial charge in [0.2, 0.25) is 0 Å². The van der Waals surface area contributed by atoms with Crippen molar-refractivity contribution in [3.8, 4) is 5.75 Å². The SMILES string of the molecule is COc1cc(C(=O)N[C@@H](CN2CCOCC2)c2ccccc2)ccc1C. The van der Waals surface area contributed by atoms with Gasteiger partial charge >= 0.3 is 0 Å². The zero-order valence-electron chi connectivity index (χ0n) is 15.4. The molecule has 0 spiro atoms. The molecule has 138 valence electrons. The minimum absolute atomic E-state index is 0.0749. The second kappa shape index (κ2) is 8.83. The molecule has 5 nitrogen and oxygen atoms in total. The number of nitrogens with one attached hydrogen (secondary N) is 1. The summed E-state index contributed by atoms with van der Waals surface area (Å²) in [4.78, 5) is 15.2. The normalized spacial score (nSPS) is 16.1. The minimum atomic E-state index is -0.0922. The molecular formula is C21H26N2O3. The van der Waals surface area contributed by atoms with Gasteiger partial charge in [-0.3, -0.25) is 9.69 Å². The molecule has 1 aliphatic heterocycles. The minimum Gasteiger partial charge on any atom is -0.496 e. The number of carbonyl (C=O) groups excluding carboxylic acids is 1. The van der Waals surface area contributed by atoms with Gasteiger partial charge in [0.25, 0.3) is 5.91 Å². The monoisotopic (exact) mass is 354 g/mol. The summed E-state index contributed by atoms with van der Waals surface area (Å²) in [7, 11) is 1.62. The largest absolute Gasteiger partial charge is 0.496 e. The van der Waals surface area contributed by atoms with Gasteiger partial charge in [-0.2, -0.15) is 0 Å². The van der Waals surface area contributed by atoms with E-state index >= 15 is 0 Å². The lowest BCUT2D eigenvalue weighted by Gasteiger charge is -2.31. The van der Waals surface area contributed by atoms with E-state index in [1.54, 1.807) is 13.2 Å². The molecule has 0 saturated carbocycles. The molecule has 2 aromatic carbocycles. The molecule has 0 unspecified atom stereocenters. The highest BCUT2D eigenvalue weighted by Gasteiger charge is 2.21. The highest BCUT2D eigenvalue weighted by Crippen LogP contribution is 2.21. The predicted molar refractivity (Wildman–Crippen MR) is 102 cm³/mol. The Labute approximate surface area is 154 Å². The van der Waals surface area contributed by atoms with Crippen LogP contribution in [0.25, 0.3) is 0 Å². The van der Waals surface area contributed by atoms with E-state index in [0.717, 1.165) is 49.7 Å². The molecular weight excluding hydrogens is 328 g/mol. The first-order chi connectivity index (χ1) is 12.7. The Morgan fingerprint density at radius 1 is 1.19 bits per heavy atom. The lowest BCUT2D eigenvalue weighted by molar-refractivity contribution is 0.0332. The van der Waals surface area contributed by atoms with Gasteiger partial charge in [0, 0.05) is 25.2 Å². The van der Waals surface area contributed by atoms with E-state index in [2.05, 4.69) is 22.3 Å². The zero-order chi connectivity index (χ0) is 18.4. The maximum absolute atomic E-state index is 12.8. The third kappa shape index (κ3) is 4.62. The van der Waals surface area contributed by atoms with E-state index in [1.165, 1.54) is 0 Å². The van der Waals surface area contributed by atoms with Crippen LogP contribution in [0.1, 0.15) is 27.5 Å². The summed E-state index contributed by atoms with van der Waals surface area (Å²) >= 11 is 0. The molecule has 1 aliphatic rings. The average Bonchev–Trinajstić information content (AvgIpc) is 2.69. The van der Waals surface area contributed by atoms with Gasteiger partial charge in [0.15, 0.2) is 0 Å². The number of nitrogens with zero attached hydrogens (tertiary/aromatic N) is 1. The Hall–Kier alpha value is -2.37. The van der Waals surface area contributed by atoms with Crippen molar-refractivity contribution in [1.82, 2.24) is 10.2 Å². The second-order valence-electron chi connectivity index (χ2n) is 6.53. The summed E-state index contributed by atoms with van der Waals surface area (Å²) in [5.41, 5.74) is 2.72. The fourth-order valence-corrected chi connectivity index (χ4v) is 3.16. The van der Waals surface area contributed by atoms with E-state index in [-0.39, 0.29) is 11.9 Å². The van der Waals surface area contributed by atoms with Gasteiger partial charge in [-0.15, -0.1) is 0 Å². The summed E-state index contributed by atoms with van der Waals surface area (Å²) < 4.78 is 10.8. The van der Waals surface area contributed by atoms with Gasteiger partial charge in [-0.1, -0.05) is 36.4 Å². The number of benzene rings is 2. The maximum atomic E-state index is 12.8. The molecule has 0 bridgehead atoms. The lowest BCUT2D eigenvalue weighted by Crippen LogP contribution is -2.43. The Kier molecular flexibility index (Phi) is 6.26. The third-order valence-electron chi connectivity index (χ3n) is 4.72. The molecule has 1 amide bonds. The van der Waals surface area contributed by atoms with Gasteiger partial charge in [0.05, 0.1) is 26.4 Å². The Balaban J connectivity index is 1.77. The van der Waals surface area contributed by atoms with Crippen molar-refractivity contribution in [3.63, 3.8) is 0 Å². The average molecular weight is 354 g/mol. The van der Waals surface area contributed by atoms with Crippen LogP contribution in [0, 0.1) is 6.92 Å². The van der Waals surface area contributed by atoms with E-state index in [1.807, 2.05) is 37.3 Å². The molecule has 3 rings (SSSR count). The van der Waals surface area contributed by atoms with Crippen LogP contribution < -0.4 is 10.1 Å². The number of rotatable bonds is 6. The highest BCUT2D eigenvalue weighted by atomic mass is 16.5. The molecule has 1 N–H and O–H groups in total. The summed E-state index contributed by atoms with van der Waals surface area (Å²) in [5, 5.41) is 3.19. The predicted octanol–water partition coefficient (Wildman–Crippen LogP) is 2.81. The maximum Gasteiger partial charge on any atom is 0.251 e. The molecule has 1 fully saturated rings. The fourth-order valence-electron chi connectivity index (χ4n) is 3.16. The number of aryl methyl sites for hydroxylation is 1. The van der Waals surface area contributed by atoms with E-state index in [4.69, 9.17) is 9.47 Å². The molecule has 0 aliphatic carbocycles. The number of hydrogen-bond donors (Lipinski definition) is 1. The smallest absolute Gasteiger partial charge is 0.251 e. The van der Waals surface area contributed by atoms with Crippen LogP contribution in [0.4, 0.5) is 0 Å². The van der Waals surface area contributed by atoms with Gasteiger partial charge < -0.3 is 14.8 Å². The van der Waals surface area contributed by atoms with E-state index in [0.29, 0.717) is 5.56 Å². The number of ether oxygens (including phenoxy) is 2. The molecule has 5 heteroatoms. The summed E-state index contributed by atoms with van der Waals surface area (Å²) in [6.45, 7) is 5.98. The molecule has 0 aromatic heterocycles. The second-order valence-corrected chi connectivity index (χ2v) is 6.53. The van der Waals surface area contributed by atoms with E-state index < -0.39 is 0 Å². The van der Waals surface area contributed by atoms with Gasteiger partial charge in [0.1, 0.15) is 5.75 Å². The Morgan fingerprint density at radius 3 is 2.62 bits per heavy atom. The molecule has 1 saturated heterocycles.